The minimum atomic E-state index is 0.464. The fraction of sp³-hybridized carbons (Fsp3) is 1.00. The predicted octanol–water partition coefficient (Wildman–Crippen LogP) is 4.00. The average molecular weight is 174 g/mol. The highest BCUT2D eigenvalue weighted by Gasteiger charge is 2.08. The van der Waals surface area contributed by atoms with E-state index in [0.29, 0.717) is 5.16 Å². The van der Waals surface area contributed by atoms with Gasteiger partial charge in [0.05, 0.1) is 0 Å². The van der Waals surface area contributed by atoms with E-state index < -0.39 is 0 Å². The molecule has 0 saturated carbocycles. The average Bonchev–Trinajstić information content (AvgIpc) is 1.85. The number of hydrogen-bond donors (Lipinski definition) is 0. The Labute approximate surface area is 74.4 Å². The second kappa shape index (κ2) is 6.00. The summed E-state index contributed by atoms with van der Waals surface area (Å²) in [5.74, 6) is 0. The van der Waals surface area contributed by atoms with Gasteiger partial charge in [0, 0.05) is 0 Å². The van der Waals surface area contributed by atoms with E-state index in [9.17, 15) is 0 Å². The highest BCUT2D eigenvalue weighted by molar-refractivity contribution is 7.18. The van der Waals surface area contributed by atoms with Crippen LogP contribution in [0.5, 0.6) is 0 Å². The molecule has 0 bridgehead atoms. The van der Waals surface area contributed by atoms with Gasteiger partial charge in [-0.05, 0) is 11.6 Å². The van der Waals surface area contributed by atoms with Crippen molar-refractivity contribution >= 4 is 9.24 Å². The molecule has 0 aromatic heterocycles. The molecular weight excluding hydrogens is 151 g/mol. The molecule has 1 atom stereocenters. The van der Waals surface area contributed by atoms with Gasteiger partial charge in [-0.25, -0.2) is 0 Å². The maximum atomic E-state index is 2.91. The summed E-state index contributed by atoms with van der Waals surface area (Å²) in [5, 5.41) is 0.464. The first-order chi connectivity index (χ1) is 5.06. The van der Waals surface area contributed by atoms with E-state index in [-0.39, 0.29) is 0 Å². The summed E-state index contributed by atoms with van der Waals surface area (Å²) in [6, 6.07) is 0. The molecule has 0 aromatic rings. The molecular formula is C10H23P. The van der Waals surface area contributed by atoms with Crippen molar-refractivity contribution in [2.45, 2.75) is 64.5 Å². The molecule has 0 saturated heterocycles. The first-order valence-corrected chi connectivity index (χ1v) is 5.43. The monoisotopic (exact) mass is 174 g/mol. The van der Waals surface area contributed by atoms with E-state index in [1.165, 1.54) is 38.5 Å². The summed E-state index contributed by atoms with van der Waals surface area (Å²) in [5.41, 5.74) is 0. The van der Waals surface area contributed by atoms with E-state index in [4.69, 9.17) is 0 Å². The van der Waals surface area contributed by atoms with Gasteiger partial charge in [-0.15, -0.1) is 9.24 Å². The second-order valence-electron chi connectivity index (χ2n) is 4.15. The van der Waals surface area contributed by atoms with Crippen molar-refractivity contribution in [2.75, 3.05) is 0 Å². The number of hydrogen-bond acceptors (Lipinski definition) is 0. The molecule has 1 heteroatoms. The van der Waals surface area contributed by atoms with Gasteiger partial charge in [0.1, 0.15) is 0 Å². The minimum Gasteiger partial charge on any atom is -0.132 e. The van der Waals surface area contributed by atoms with Crippen LogP contribution in [0.4, 0.5) is 0 Å². The van der Waals surface area contributed by atoms with Crippen LogP contribution in [0.25, 0.3) is 0 Å². The third-order valence-corrected chi connectivity index (χ3v) is 2.21. The minimum absolute atomic E-state index is 0.464. The van der Waals surface area contributed by atoms with Crippen molar-refractivity contribution in [3.05, 3.63) is 0 Å². The molecule has 0 nitrogen and oxygen atoms in total. The fourth-order valence-corrected chi connectivity index (χ4v) is 1.39. The molecule has 0 aliphatic rings. The van der Waals surface area contributed by atoms with Crippen molar-refractivity contribution in [1.82, 2.24) is 0 Å². The molecule has 0 amide bonds. The summed E-state index contributed by atoms with van der Waals surface area (Å²) >= 11 is 0. The Morgan fingerprint density at radius 2 is 1.55 bits per heavy atom. The first-order valence-electron chi connectivity index (χ1n) is 4.85. The second-order valence-corrected chi connectivity index (χ2v) is 5.72. The largest absolute Gasteiger partial charge is 0.132 e. The lowest BCUT2D eigenvalue weighted by molar-refractivity contribution is 0.549. The zero-order valence-electron chi connectivity index (χ0n) is 8.32. The zero-order chi connectivity index (χ0) is 8.74. The van der Waals surface area contributed by atoms with Gasteiger partial charge in [-0.3, -0.25) is 0 Å². The zero-order valence-corrected chi connectivity index (χ0v) is 9.47. The first kappa shape index (κ1) is 11.4. The highest BCUT2D eigenvalue weighted by Crippen LogP contribution is 2.23. The van der Waals surface area contributed by atoms with Crippen LogP contribution in [0.1, 0.15) is 59.3 Å². The standard InChI is InChI=1S/C10H23P/c1-4-5-6-7-8-9-10(2,3)11/h4-9,11H2,1-3H3. The molecule has 0 N–H and O–H groups in total. The van der Waals surface area contributed by atoms with Crippen LogP contribution in [-0.2, 0) is 0 Å². The summed E-state index contributed by atoms with van der Waals surface area (Å²) < 4.78 is 0. The van der Waals surface area contributed by atoms with Crippen LogP contribution in [0.2, 0.25) is 0 Å². The Morgan fingerprint density at radius 1 is 1.00 bits per heavy atom. The summed E-state index contributed by atoms with van der Waals surface area (Å²) in [6.45, 7) is 6.84. The molecule has 1 unspecified atom stereocenters. The van der Waals surface area contributed by atoms with E-state index >= 15 is 0 Å². The third-order valence-electron chi connectivity index (χ3n) is 1.92. The van der Waals surface area contributed by atoms with Crippen molar-refractivity contribution in [1.29, 1.82) is 0 Å². The Kier molecular flexibility index (Phi) is 6.24. The van der Waals surface area contributed by atoms with Crippen LogP contribution < -0.4 is 0 Å². The Hall–Kier alpha value is 0.430. The SMILES string of the molecule is CCCCCCCC(C)(C)P. The molecule has 0 aliphatic carbocycles. The van der Waals surface area contributed by atoms with E-state index in [1.807, 2.05) is 0 Å². The molecule has 0 aliphatic heterocycles. The van der Waals surface area contributed by atoms with Gasteiger partial charge in [0.2, 0.25) is 0 Å². The summed E-state index contributed by atoms with van der Waals surface area (Å²) in [4.78, 5) is 0. The van der Waals surface area contributed by atoms with Crippen LogP contribution >= 0.6 is 9.24 Å². The molecule has 0 rings (SSSR count). The van der Waals surface area contributed by atoms with Crippen molar-refractivity contribution < 1.29 is 0 Å². The quantitative estimate of drug-likeness (QED) is 0.421. The molecule has 68 valence electrons. The van der Waals surface area contributed by atoms with Gasteiger partial charge in [0.15, 0.2) is 0 Å². The van der Waals surface area contributed by atoms with Crippen molar-refractivity contribution in [3.63, 3.8) is 0 Å². The van der Waals surface area contributed by atoms with Gasteiger partial charge in [-0.1, -0.05) is 52.9 Å². The third kappa shape index (κ3) is 10.4. The normalized spacial score (nSPS) is 12.0. The molecule has 0 aromatic carbocycles. The molecule has 0 heterocycles. The number of unbranched alkanes of at least 4 members (excludes halogenated alkanes) is 4. The molecule has 0 spiro atoms. The Morgan fingerprint density at radius 3 is 2.00 bits per heavy atom. The van der Waals surface area contributed by atoms with Crippen molar-refractivity contribution in [3.8, 4) is 0 Å². The van der Waals surface area contributed by atoms with Gasteiger partial charge in [-0.2, -0.15) is 0 Å². The Balaban J connectivity index is 3.02. The van der Waals surface area contributed by atoms with Gasteiger partial charge < -0.3 is 0 Å². The summed E-state index contributed by atoms with van der Waals surface area (Å²) in [7, 11) is 2.91. The molecule has 11 heavy (non-hydrogen) atoms. The Bertz CT molecular complexity index is 81.4. The molecule has 0 radical (unpaired) electrons. The van der Waals surface area contributed by atoms with Gasteiger partial charge >= 0.3 is 0 Å². The van der Waals surface area contributed by atoms with E-state index in [2.05, 4.69) is 30.0 Å². The van der Waals surface area contributed by atoms with Crippen LogP contribution in [0.3, 0.4) is 0 Å². The summed E-state index contributed by atoms with van der Waals surface area (Å²) in [6.07, 6.45) is 8.36. The lowest BCUT2D eigenvalue weighted by Gasteiger charge is -2.17. The predicted molar refractivity (Wildman–Crippen MR) is 57.2 cm³/mol. The van der Waals surface area contributed by atoms with E-state index in [0.717, 1.165) is 0 Å². The smallest absolute Gasteiger partial charge is 0.0207 e. The lowest BCUT2D eigenvalue weighted by Crippen LogP contribution is -2.07. The van der Waals surface area contributed by atoms with Crippen molar-refractivity contribution in [2.24, 2.45) is 0 Å². The van der Waals surface area contributed by atoms with Crippen LogP contribution in [0.15, 0.2) is 0 Å². The maximum absolute atomic E-state index is 2.91. The lowest BCUT2D eigenvalue weighted by atomic mass is 10.0. The molecule has 0 fully saturated rings. The van der Waals surface area contributed by atoms with E-state index in [1.54, 1.807) is 0 Å². The van der Waals surface area contributed by atoms with Crippen LogP contribution in [-0.4, -0.2) is 5.16 Å². The topological polar surface area (TPSA) is 0 Å². The van der Waals surface area contributed by atoms with Crippen LogP contribution in [0, 0.1) is 0 Å². The van der Waals surface area contributed by atoms with Gasteiger partial charge in [0.25, 0.3) is 0 Å². The highest BCUT2D eigenvalue weighted by atomic mass is 31.0. The fourth-order valence-electron chi connectivity index (χ4n) is 1.18. The maximum Gasteiger partial charge on any atom is -0.0207 e. The number of rotatable bonds is 6.